The quantitative estimate of drug-likeness (QED) is 0.210. The molecule has 0 saturated carbocycles. The number of rotatable bonds is 6. The fourth-order valence-electron chi connectivity index (χ4n) is 2.51. The number of benzene rings is 2. The molecule has 2 aromatic carbocycles. The molecular weight excluding hydrogens is 443 g/mol. The van der Waals surface area contributed by atoms with Gasteiger partial charge >= 0.3 is 29.6 Å². The summed E-state index contributed by atoms with van der Waals surface area (Å²) >= 11 is 0. The van der Waals surface area contributed by atoms with Crippen LogP contribution in [0, 0.1) is 0 Å². The van der Waals surface area contributed by atoms with Crippen molar-refractivity contribution in [1.29, 1.82) is 0 Å². The first-order valence-electron chi connectivity index (χ1n) is 7.14. The van der Waals surface area contributed by atoms with Crippen LogP contribution in [0.25, 0.3) is 0 Å². The van der Waals surface area contributed by atoms with Gasteiger partial charge in [0.15, 0.2) is 16.4 Å². The van der Waals surface area contributed by atoms with Gasteiger partial charge in [0.1, 0.15) is 10.6 Å². The predicted octanol–water partition coefficient (Wildman–Crippen LogP) is -2.16. The number of ether oxygens (including phenoxy) is 2. The molecule has 0 aromatic heterocycles. The van der Waals surface area contributed by atoms with Crippen LogP contribution in [-0.4, -0.2) is 56.2 Å². The normalized spacial score (nSPS) is 11.4. The first kappa shape index (κ1) is 25.2. The molecular formula is C15H14NaO11S2+. The maximum atomic E-state index is 12.8. The second kappa shape index (κ2) is 8.87. The van der Waals surface area contributed by atoms with E-state index in [2.05, 4.69) is 0 Å². The van der Waals surface area contributed by atoms with Gasteiger partial charge in [-0.25, -0.2) is 0 Å². The maximum Gasteiger partial charge on any atom is 1.00 e. The topological polar surface area (TPSA) is 185 Å². The average molecular weight is 457 g/mol. The number of ketones is 1. The number of carbonyl (C=O) groups excluding carboxylic acids is 1. The molecule has 2 aromatic rings. The molecule has 0 atom stereocenters. The second-order valence-corrected chi connectivity index (χ2v) is 7.96. The number of hydrogen-bond donors (Lipinski definition) is 4. The minimum atomic E-state index is -5.53. The first-order valence-corrected chi connectivity index (χ1v) is 10.0. The number of hydrogen-bond acceptors (Lipinski definition) is 9. The molecule has 0 aliphatic rings. The van der Waals surface area contributed by atoms with Gasteiger partial charge in [0.05, 0.1) is 25.3 Å². The van der Waals surface area contributed by atoms with Crippen LogP contribution in [-0.2, 0) is 20.2 Å². The van der Waals surface area contributed by atoms with Gasteiger partial charge in [0, 0.05) is 0 Å². The minimum Gasteiger partial charge on any atom is -0.507 e. The molecule has 0 bridgehead atoms. The fraction of sp³-hybridized carbons (Fsp3) is 0.133. The van der Waals surface area contributed by atoms with Gasteiger partial charge in [-0.1, -0.05) is 12.1 Å². The number of carbonyl (C=O) groups is 1. The molecule has 0 saturated heterocycles. The van der Waals surface area contributed by atoms with Crippen LogP contribution in [0.5, 0.6) is 23.0 Å². The Morgan fingerprint density at radius 3 is 1.76 bits per heavy atom. The summed E-state index contributed by atoms with van der Waals surface area (Å²) in [7, 11) is -9.15. The van der Waals surface area contributed by atoms with Crippen molar-refractivity contribution in [1.82, 2.24) is 0 Å². The number of para-hydroxylation sites is 1. The summed E-state index contributed by atoms with van der Waals surface area (Å²) in [6, 6.07) is 4.76. The van der Waals surface area contributed by atoms with E-state index < -0.39 is 69.9 Å². The molecule has 4 N–H and O–H groups in total. The zero-order valence-corrected chi connectivity index (χ0v) is 18.9. The zero-order chi connectivity index (χ0) is 21.4. The number of aromatic hydroxyl groups is 2. The van der Waals surface area contributed by atoms with Crippen LogP contribution in [0.4, 0.5) is 0 Å². The molecule has 11 nitrogen and oxygen atoms in total. The Labute approximate surface area is 187 Å². The van der Waals surface area contributed by atoms with Gasteiger partial charge in [-0.3, -0.25) is 13.9 Å². The molecule has 0 aliphatic heterocycles. The molecule has 0 aliphatic carbocycles. The molecule has 0 heterocycles. The minimum absolute atomic E-state index is 0. The van der Waals surface area contributed by atoms with E-state index in [1.165, 1.54) is 12.1 Å². The standard InChI is InChI=1S/C15H14O11S2.Na/c1-25-12-11(18)9(10(17)7-5-3-4-6-8(7)16)14(27(19,20)21)15(13(12)26-2)28(22,23)24;/h3-6,16,18H,1-2H3,(H,19,20,21)(H,22,23,24);/q;+1. The molecule has 0 amide bonds. The zero-order valence-electron chi connectivity index (χ0n) is 15.3. The summed E-state index contributed by atoms with van der Waals surface area (Å²) in [4.78, 5) is 9.67. The molecule has 2 rings (SSSR count). The van der Waals surface area contributed by atoms with E-state index in [9.17, 15) is 40.9 Å². The summed E-state index contributed by atoms with van der Waals surface area (Å²) in [5, 5.41) is 20.2. The summed E-state index contributed by atoms with van der Waals surface area (Å²) < 4.78 is 76.1. The van der Waals surface area contributed by atoms with Crippen LogP contribution < -0.4 is 39.0 Å². The fourth-order valence-corrected chi connectivity index (χ4v) is 4.67. The Morgan fingerprint density at radius 2 is 1.34 bits per heavy atom. The monoisotopic (exact) mass is 457 g/mol. The third-order valence-electron chi connectivity index (χ3n) is 3.60. The Balaban J connectivity index is 0.00000420. The van der Waals surface area contributed by atoms with Gasteiger partial charge in [-0.15, -0.1) is 0 Å². The van der Waals surface area contributed by atoms with Crippen LogP contribution >= 0.6 is 0 Å². The van der Waals surface area contributed by atoms with E-state index in [1.54, 1.807) is 0 Å². The van der Waals surface area contributed by atoms with Crippen LogP contribution in [0.1, 0.15) is 15.9 Å². The number of phenols is 2. The maximum absolute atomic E-state index is 12.8. The Bertz CT molecular complexity index is 1170. The Hall–Kier alpha value is -1.87. The van der Waals surface area contributed by atoms with Crippen molar-refractivity contribution in [3.63, 3.8) is 0 Å². The molecule has 29 heavy (non-hydrogen) atoms. The summed E-state index contributed by atoms with van der Waals surface area (Å²) in [5.41, 5.74) is -1.79. The SMILES string of the molecule is COc1c(O)c(C(=O)c2ccccc2O)c(S(=O)(=O)O)c(S(=O)(=O)O)c1OC.[Na+]. The second-order valence-electron chi connectivity index (χ2n) is 5.24. The molecule has 0 unspecified atom stereocenters. The third-order valence-corrected chi connectivity index (χ3v) is 5.56. The van der Waals surface area contributed by atoms with Crippen molar-refractivity contribution < 1.29 is 80.0 Å². The molecule has 0 fully saturated rings. The summed E-state index contributed by atoms with van der Waals surface area (Å²) in [6.07, 6.45) is 0. The van der Waals surface area contributed by atoms with Crippen molar-refractivity contribution in [3.8, 4) is 23.0 Å². The predicted molar refractivity (Wildman–Crippen MR) is 92.4 cm³/mol. The molecule has 152 valence electrons. The van der Waals surface area contributed by atoms with Gasteiger partial charge in [0.25, 0.3) is 20.2 Å². The third kappa shape index (κ3) is 4.66. The van der Waals surface area contributed by atoms with Gasteiger partial charge in [0.2, 0.25) is 11.5 Å². The summed E-state index contributed by atoms with van der Waals surface area (Å²) in [5.74, 6) is -4.98. The van der Waals surface area contributed by atoms with E-state index in [0.717, 1.165) is 26.4 Å². The number of methoxy groups -OCH3 is 2. The first-order chi connectivity index (χ1) is 12.9. The molecule has 0 spiro atoms. The van der Waals surface area contributed by atoms with E-state index in [1.807, 2.05) is 0 Å². The van der Waals surface area contributed by atoms with Gasteiger partial charge < -0.3 is 19.7 Å². The van der Waals surface area contributed by atoms with Crippen molar-refractivity contribution in [3.05, 3.63) is 35.4 Å². The van der Waals surface area contributed by atoms with Crippen molar-refractivity contribution >= 4 is 26.0 Å². The largest absolute Gasteiger partial charge is 1.00 e. The van der Waals surface area contributed by atoms with Crippen molar-refractivity contribution in [2.75, 3.05) is 14.2 Å². The average Bonchev–Trinajstić information content (AvgIpc) is 2.58. The van der Waals surface area contributed by atoms with E-state index >= 15 is 0 Å². The van der Waals surface area contributed by atoms with E-state index in [4.69, 9.17) is 9.47 Å². The van der Waals surface area contributed by atoms with Gasteiger partial charge in [-0.05, 0) is 12.1 Å². The molecule has 0 radical (unpaired) electrons. The summed E-state index contributed by atoms with van der Waals surface area (Å²) in [6.45, 7) is 0. The van der Waals surface area contributed by atoms with Crippen LogP contribution in [0.2, 0.25) is 0 Å². The smallest absolute Gasteiger partial charge is 0.507 e. The van der Waals surface area contributed by atoms with E-state index in [-0.39, 0.29) is 29.6 Å². The van der Waals surface area contributed by atoms with Crippen LogP contribution in [0.3, 0.4) is 0 Å². The Morgan fingerprint density at radius 1 is 0.862 bits per heavy atom. The van der Waals surface area contributed by atoms with E-state index in [0.29, 0.717) is 0 Å². The van der Waals surface area contributed by atoms with Crippen molar-refractivity contribution in [2.24, 2.45) is 0 Å². The number of phenolic OH excluding ortho intramolecular Hbond substituents is 2. The van der Waals surface area contributed by atoms with Crippen LogP contribution in [0.15, 0.2) is 34.1 Å². The molecule has 14 heteroatoms. The van der Waals surface area contributed by atoms with Gasteiger partial charge in [-0.2, -0.15) is 16.8 Å². The van der Waals surface area contributed by atoms with Crippen molar-refractivity contribution in [2.45, 2.75) is 9.79 Å². The Kier molecular flexibility index (Phi) is 7.70.